The Labute approximate surface area is 188 Å². The molecule has 2 unspecified atom stereocenters. The van der Waals surface area contributed by atoms with Gasteiger partial charge in [0.05, 0.1) is 5.92 Å². The molecule has 0 radical (unpaired) electrons. The molecule has 5 nitrogen and oxygen atoms in total. The number of hydrogen-bond acceptors (Lipinski definition) is 4. The fourth-order valence-electron chi connectivity index (χ4n) is 4.32. The Morgan fingerprint density at radius 1 is 1.25 bits per heavy atom. The summed E-state index contributed by atoms with van der Waals surface area (Å²) in [7, 11) is -0.209. The predicted molar refractivity (Wildman–Crippen MR) is 124 cm³/mol. The van der Waals surface area contributed by atoms with Crippen LogP contribution in [0, 0.1) is 11.6 Å². The Balaban J connectivity index is 1.62. The quantitative estimate of drug-likeness (QED) is 0.510. The number of hydrogen-bond donors (Lipinski definition) is 1. The number of aromatic nitrogens is 2. The molecule has 1 saturated heterocycles. The lowest BCUT2D eigenvalue weighted by Crippen LogP contribution is -2.34. The van der Waals surface area contributed by atoms with Gasteiger partial charge in [-0.3, -0.25) is 0 Å². The molecular weight excluding hydrogens is 432 g/mol. The van der Waals surface area contributed by atoms with Gasteiger partial charge in [0, 0.05) is 29.0 Å². The minimum Gasteiger partial charge on any atom is -0.392 e. The molecular formula is C24H27F2N3O2S. The minimum absolute atomic E-state index is 0.0264. The molecule has 0 amide bonds. The molecule has 8 heteroatoms. The van der Waals surface area contributed by atoms with Gasteiger partial charge in [-0.25, -0.2) is 23.0 Å². The van der Waals surface area contributed by atoms with E-state index in [9.17, 15) is 9.18 Å². The smallest absolute Gasteiger partial charge is 0.392 e. The molecule has 2 heterocycles. The fraction of sp³-hybridized carbons (Fsp3) is 0.375. The van der Waals surface area contributed by atoms with Crippen molar-refractivity contribution in [3.8, 4) is 0 Å². The van der Waals surface area contributed by atoms with Gasteiger partial charge in [0.2, 0.25) is 5.89 Å². The summed E-state index contributed by atoms with van der Waals surface area (Å²) in [5.74, 6) is -2.39. The summed E-state index contributed by atoms with van der Waals surface area (Å²) in [6.07, 6.45) is 2.06. The monoisotopic (exact) mass is 459 g/mol. The largest absolute Gasteiger partial charge is 0.434 e. The molecule has 1 aromatic heterocycles. The molecule has 4 rings (SSSR count). The number of H-pyrrole nitrogens is 1. The van der Waals surface area contributed by atoms with Gasteiger partial charge in [0.25, 0.3) is 0 Å². The summed E-state index contributed by atoms with van der Waals surface area (Å²) < 4.78 is 37.3. The first-order valence-electron chi connectivity index (χ1n) is 10.7. The first kappa shape index (κ1) is 22.6. The van der Waals surface area contributed by atoms with Gasteiger partial charge in [-0.15, -0.1) is 15.8 Å². The zero-order valence-corrected chi connectivity index (χ0v) is 19.2. The molecule has 3 aromatic rings. The van der Waals surface area contributed by atoms with Crippen molar-refractivity contribution in [2.45, 2.75) is 57.4 Å². The highest BCUT2D eigenvalue weighted by atomic mass is 32.2. The Hall–Kier alpha value is -2.58. The number of halogens is 2. The lowest BCUT2D eigenvalue weighted by molar-refractivity contribution is 0.315. The topological polar surface area (TPSA) is 62.1 Å². The third kappa shape index (κ3) is 4.47. The van der Waals surface area contributed by atoms with Crippen LogP contribution >= 0.6 is 10.7 Å². The van der Waals surface area contributed by atoms with E-state index >= 15 is 4.39 Å². The predicted octanol–water partition coefficient (Wildman–Crippen LogP) is 5.52. The number of nitrogens with one attached hydrogen (secondary N) is 1. The molecule has 0 bridgehead atoms. The van der Waals surface area contributed by atoms with Gasteiger partial charge >= 0.3 is 5.76 Å². The maximum absolute atomic E-state index is 15.1. The van der Waals surface area contributed by atoms with Crippen molar-refractivity contribution in [3.63, 3.8) is 0 Å². The molecule has 1 N–H and O–H groups in total. The number of aromatic amines is 1. The maximum atomic E-state index is 15.1. The second-order valence-corrected chi connectivity index (χ2v) is 10.3. The van der Waals surface area contributed by atoms with Crippen LogP contribution in [0.4, 0.5) is 8.78 Å². The van der Waals surface area contributed by atoms with Crippen LogP contribution in [-0.2, 0) is 6.54 Å². The summed E-state index contributed by atoms with van der Waals surface area (Å²) >= 11 is 0. The van der Waals surface area contributed by atoms with Crippen molar-refractivity contribution in [2.75, 3.05) is 0 Å². The molecule has 1 aliphatic rings. The van der Waals surface area contributed by atoms with E-state index in [-0.39, 0.29) is 28.2 Å². The van der Waals surface area contributed by atoms with Crippen molar-refractivity contribution >= 4 is 16.0 Å². The summed E-state index contributed by atoms with van der Waals surface area (Å²) in [5, 5.41) is 8.43. The third-order valence-corrected chi connectivity index (χ3v) is 8.70. The molecule has 2 aromatic carbocycles. The van der Waals surface area contributed by atoms with Gasteiger partial charge in [0.15, 0.2) is 0 Å². The van der Waals surface area contributed by atoms with E-state index in [1.807, 2.05) is 25.1 Å². The van der Waals surface area contributed by atoms with Crippen LogP contribution in [0.5, 0.6) is 0 Å². The first-order valence-corrected chi connectivity index (χ1v) is 12.1. The minimum atomic E-state index is -0.723. The van der Waals surface area contributed by atoms with E-state index in [4.69, 9.17) is 4.42 Å². The normalized spacial score (nSPS) is 22.8. The van der Waals surface area contributed by atoms with Crippen molar-refractivity contribution in [1.29, 1.82) is 0 Å². The Morgan fingerprint density at radius 2 is 2.00 bits per heavy atom. The average molecular weight is 460 g/mol. The fourth-order valence-corrected chi connectivity index (χ4v) is 6.87. The van der Waals surface area contributed by atoms with Crippen LogP contribution in [0.25, 0.3) is 0 Å². The zero-order valence-electron chi connectivity index (χ0n) is 18.3. The van der Waals surface area contributed by atoms with Gasteiger partial charge in [-0.1, -0.05) is 30.3 Å². The van der Waals surface area contributed by atoms with Gasteiger partial charge in [-0.2, -0.15) is 0 Å². The van der Waals surface area contributed by atoms with Crippen molar-refractivity contribution in [2.24, 2.45) is 0 Å². The molecule has 170 valence electrons. The lowest BCUT2D eigenvalue weighted by Gasteiger charge is -2.42. The molecule has 0 saturated carbocycles. The molecule has 1 aliphatic heterocycles. The Morgan fingerprint density at radius 3 is 2.66 bits per heavy atom. The Bertz CT molecular complexity index is 1180. The van der Waals surface area contributed by atoms with Crippen molar-refractivity contribution in [3.05, 3.63) is 87.2 Å². The van der Waals surface area contributed by atoms with Crippen LogP contribution in [0.15, 0.2) is 51.7 Å². The molecule has 0 spiro atoms. The third-order valence-electron chi connectivity index (χ3n) is 6.10. The van der Waals surface area contributed by atoms with Gasteiger partial charge < -0.3 is 4.42 Å². The summed E-state index contributed by atoms with van der Waals surface area (Å²) in [6.45, 7) is 6.14. The first-order chi connectivity index (χ1) is 15.4. The van der Waals surface area contributed by atoms with E-state index in [0.29, 0.717) is 17.4 Å². The lowest BCUT2D eigenvalue weighted by atomic mass is 9.98. The maximum Gasteiger partial charge on any atom is 0.434 e. The zero-order chi connectivity index (χ0) is 22.8. The van der Waals surface area contributed by atoms with Crippen LogP contribution in [0.2, 0.25) is 0 Å². The van der Waals surface area contributed by atoms with E-state index in [1.165, 1.54) is 17.7 Å². The molecule has 32 heavy (non-hydrogen) atoms. The highest BCUT2D eigenvalue weighted by Crippen LogP contribution is 2.48. The molecule has 4 atom stereocenters. The van der Waals surface area contributed by atoms with E-state index < -0.39 is 23.3 Å². The van der Waals surface area contributed by atoms with E-state index in [2.05, 4.69) is 38.9 Å². The Kier molecular flexibility index (Phi) is 6.71. The number of benzene rings is 2. The average Bonchev–Trinajstić information content (AvgIpc) is 3.23. The molecule has 0 aliphatic carbocycles. The van der Waals surface area contributed by atoms with Crippen LogP contribution < -0.4 is 5.76 Å². The summed E-state index contributed by atoms with van der Waals surface area (Å²) in [4.78, 5) is 11.2. The van der Waals surface area contributed by atoms with Crippen molar-refractivity contribution < 1.29 is 13.2 Å². The van der Waals surface area contributed by atoms with Crippen LogP contribution in [0.3, 0.4) is 0 Å². The second-order valence-electron chi connectivity index (χ2n) is 8.12. The summed E-state index contributed by atoms with van der Waals surface area (Å²) in [5.41, 5.74) is 1.71. The number of rotatable bonds is 5. The standard InChI is InChI=1S/C24H27F2N3O2S/c1-4-32-22(17-8-6-5-7-9-17)11-10-15(2)29(32)14-18-12-21(26)19(13-20(18)25)16(3)23-27-28-24(30)31-23/h4-9,12-13,15-16,22H,10-11,14H2,1-3H3,(H,28,30)/t15-,16?,22+,32?/m0/s1. The van der Waals surface area contributed by atoms with E-state index in [1.54, 1.807) is 6.92 Å². The number of nitrogens with zero attached hydrogens (tertiary/aromatic N) is 2. The van der Waals surface area contributed by atoms with Crippen LogP contribution in [-0.4, -0.2) is 25.9 Å². The highest BCUT2D eigenvalue weighted by Gasteiger charge is 2.31. The van der Waals surface area contributed by atoms with Gasteiger partial charge in [0.1, 0.15) is 11.6 Å². The summed E-state index contributed by atoms with van der Waals surface area (Å²) in [6, 6.07) is 13.1. The van der Waals surface area contributed by atoms with E-state index in [0.717, 1.165) is 12.8 Å². The second kappa shape index (κ2) is 9.50. The highest BCUT2D eigenvalue weighted by molar-refractivity contribution is 8.13. The molecule has 1 fully saturated rings. The SMILES string of the molecule is C/C=S1\[C@@H](c2ccccc2)CC[C@H](C)N1Cc1cc(F)c(C(C)c2n[nH]c(=O)o2)cc1F. The van der Waals surface area contributed by atoms with Crippen molar-refractivity contribution in [1.82, 2.24) is 14.5 Å². The van der Waals surface area contributed by atoms with Crippen LogP contribution in [0.1, 0.15) is 67.4 Å². The van der Waals surface area contributed by atoms with Gasteiger partial charge in [-0.05, 0) is 56.7 Å².